The molecule has 0 bridgehead atoms. The zero-order valence-electron chi connectivity index (χ0n) is 7.20. The van der Waals surface area contributed by atoms with Gasteiger partial charge in [-0.2, -0.15) is 5.26 Å². The summed E-state index contributed by atoms with van der Waals surface area (Å²) in [4.78, 5) is 1.94. The lowest BCUT2D eigenvalue weighted by Crippen LogP contribution is -2.14. The quantitative estimate of drug-likeness (QED) is 0.585. The Morgan fingerprint density at radius 1 is 1.58 bits per heavy atom. The van der Waals surface area contributed by atoms with E-state index in [0.29, 0.717) is 5.92 Å². The Bertz CT molecular complexity index is 279. The van der Waals surface area contributed by atoms with Crippen LogP contribution in [0.15, 0.2) is 24.0 Å². The molecule has 1 unspecified atom stereocenters. The lowest BCUT2D eigenvalue weighted by atomic mass is 9.94. The van der Waals surface area contributed by atoms with E-state index < -0.39 is 0 Å². The molecule has 1 aliphatic carbocycles. The maximum Gasteiger partial charge on any atom is 0.0968 e. The minimum absolute atomic E-state index is 0.409. The molecule has 1 atom stereocenters. The molecule has 1 fully saturated rings. The summed E-state index contributed by atoms with van der Waals surface area (Å²) in [7, 11) is 1.96. The summed E-state index contributed by atoms with van der Waals surface area (Å²) in [5, 5.41) is 8.88. The second kappa shape index (κ2) is 2.67. The first-order valence-electron chi connectivity index (χ1n) is 4.33. The van der Waals surface area contributed by atoms with Crippen molar-refractivity contribution in [3.05, 3.63) is 24.0 Å². The first-order chi connectivity index (χ1) is 5.81. The van der Waals surface area contributed by atoms with Crippen molar-refractivity contribution in [1.82, 2.24) is 4.90 Å². The summed E-state index contributed by atoms with van der Waals surface area (Å²) < 4.78 is 0. The standard InChI is InChI=1S/C10H12N2/c1-12-5-4-10(8-2-3-8)9(6-11)7-12/h4-5,7-8,10H,2-3H2,1H3. The number of nitrogens with zero attached hydrogens (tertiary/aromatic N) is 2. The third-order valence-corrected chi connectivity index (χ3v) is 2.49. The second-order valence-electron chi connectivity index (χ2n) is 3.57. The highest BCUT2D eigenvalue weighted by Gasteiger charge is 2.33. The first kappa shape index (κ1) is 7.42. The van der Waals surface area contributed by atoms with Gasteiger partial charge in [-0.3, -0.25) is 0 Å². The van der Waals surface area contributed by atoms with Gasteiger partial charge in [-0.25, -0.2) is 0 Å². The number of nitriles is 1. The van der Waals surface area contributed by atoms with Gasteiger partial charge in [0.25, 0.3) is 0 Å². The van der Waals surface area contributed by atoms with Crippen LogP contribution >= 0.6 is 0 Å². The maximum absolute atomic E-state index is 8.88. The molecule has 1 aliphatic heterocycles. The van der Waals surface area contributed by atoms with Crippen LogP contribution in [0, 0.1) is 23.2 Å². The van der Waals surface area contributed by atoms with Crippen LogP contribution < -0.4 is 0 Å². The van der Waals surface area contributed by atoms with Crippen LogP contribution in [0.5, 0.6) is 0 Å². The predicted octanol–water partition coefficient (Wildman–Crippen LogP) is 1.88. The molecule has 1 heterocycles. The minimum atomic E-state index is 0.409. The van der Waals surface area contributed by atoms with Crippen LogP contribution in [-0.2, 0) is 0 Å². The van der Waals surface area contributed by atoms with Crippen LogP contribution in [0.1, 0.15) is 12.8 Å². The molecule has 0 amide bonds. The topological polar surface area (TPSA) is 27.0 Å². The fourth-order valence-electron chi connectivity index (χ4n) is 1.65. The van der Waals surface area contributed by atoms with Crippen molar-refractivity contribution in [2.24, 2.45) is 11.8 Å². The van der Waals surface area contributed by atoms with E-state index in [-0.39, 0.29) is 0 Å². The molecular weight excluding hydrogens is 148 g/mol. The lowest BCUT2D eigenvalue weighted by molar-refractivity contribution is 0.552. The van der Waals surface area contributed by atoms with E-state index in [4.69, 9.17) is 5.26 Å². The third-order valence-electron chi connectivity index (χ3n) is 2.49. The Labute approximate surface area is 72.8 Å². The summed E-state index contributed by atoms with van der Waals surface area (Å²) in [6.45, 7) is 0. The molecule has 0 radical (unpaired) electrons. The lowest BCUT2D eigenvalue weighted by Gasteiger charge is -2.19. The first-order valence-corrected chi connectivity index (χ1v) is 4.33. The second-order valence-corrected chi connectivity index (χ2v) is 3.57. The summed E-state index contributed by atoms with van der Waals surface area (Å²) >= 11 is 0. The Balaban J connectivity index is 2.19. The van der Waals surface area contributed by atoms with Crippen molar-refractivity contribution in [3.63, 3.8) is 0 Å². The Kier molecular flexibility index (Phi) is 1.65. The maximum atomic E-state index is 8.88. The van der Waals surface area contributed by atoms with Crippen molar-refractivity contribution in [3.8, 4) is 6.07 Å². The van der Waals surface area contributed by atoms with Crippen LogP contribution in [0.2, 0.25) is 0 Å². The summed E-state index contributed by atoms with van der Waals surface area (Å²) in [5.74, 6) is 1.16. The van der Waals surface area contributed by atoms with E-state index >= 15 is 0 Å². The van der Waals surface area contributed by atoms with Gasteiger partial charge >= 0.3 is 0 Å². The number of hydrogen-bond acceptors (Lipinski definition) is 2. The van der Waals surface area contributed by atoms with E-state index in [0.717, 1.165) is 11.5 Å². The van der Waals surface area contributed by atoms with Gasteiger partial charge in [-0.15, -0.1) is 0 Å². The zero-order chi connectivity index (χ0) is 8.55. The van der Waals surface area contributed by atoms with E-state index in [1.165, 1.54) is 12.8 Å². The van der Waals surface area contributed by atoms with Gasteiger partial charge in [0.2, 0.25) is 0 Å². The molecule has 2 aliphatic rings. The Morgan fingerprint density at radius 2 is 2.33 bits per heavy atom. The van der Waals surface area contributed by atoms with E-state index in [9.17, 15) is 0 Å². The molecule has 0 spiro atoms. The fraction of sp³-hybridized carbons (Fsp3) is 0.500. The normalized spacial score (nSPS) is 28.2. The summed E-state index contributed by atoms with van der Waals surface area (Å²) in [5.41, 5.74) is 0.919. The van der Waals surface area contributed by atoms with Gasteiger partial charge < -0.3 is 4.90 Å². The predicted molar refractivity (Wildman–Crippen MR) is 46.8 cm³/mol. The molecule has 0 aromatic heterocycles. The molecule has 1 saturated carbocycles. The fourth-order valence-corrected chi connectivity index (χ4v) is 1.65. The highest BCUT2D eigenvalue weighted by molar-refractivity contribution is 5.32. The minimum Gasteiger partial charge on any atom is -0.357 e. The van der Waals surface area contributed by atoms with Crippen molar-refractivity contribution in [1.29, 1.82) is 5.26 Å². The monoisotopic (exact) mass is 160 g/mol. The Morgan fingerprint density at radius 3 is 2.92 bits per heavy atom. The van der Waals surface area contributed by atoms with Crippen LogP contribution in [0.4, 0.5) is 0 Å². The van der Waals surface area contributed by atoms with Gasteiger partial charge in [0, 0.05) is 19.2 Å². The Hall–Kier alpha value is -1.23. The molecule has 0 N–H and O–H groups in total. The van der Waals surface area contributed by atoms with Crippen molar-refractivity contribution in [2.45, 2.75) is 12.8 Å². The molecule has 2 nitrogen and oxygen atoms in total. The van der Waals surface area contributed by atoms with Gasteiger partial charge in [-0.1, -0.05) is 6.08 Å². The van der Waals surface area contributed by atoms with Gasteiger partial charge in [0.1, 0.15) is 0 Å². The summed E-state index contributed by atoms with van der Waals surface area (Å²) in [6, 6.07) is 2.27. The van der Waals surface area contributed by atoms with Gasteiger partial charge in [-0.05, 0) is 25.0 Å². The highest BCUT2D eigenvalue weighted by Crippen LogP contribution is 2.42. The third kappa shape index (κ3) is 1.23. The molecule has 62 valence electrons. The number of allylic oxidation sites excluding steroid dienone is 2. The zero-order valence-corrected chi connectivity index (χ0v) is 7.20. The molecule has 0 saturated heterocycles. The highest BCUT2D eigenvalue weighted by atomic mass is 15.1. The van der Waals surface area contributed by atoms with E-state index in [2.05, 4.69) is 12.1 Å². The molecular formula is C10H12N2. The average Bonchev–Trinajstić information content (AvgIpc) is 2.87. The van der Waals surface area contributed by atoms with Crippen molar-refractivity contribution >= 4 is 0 Å². The SMILES string of the molecule is CN1C=CC(C2CC2)C(C#N)=C1. The van der Waals surface area contributed by atoms with Crippen molar-refractivity contribution < 1.29 is 0 Å². The molecule has 0 aromatic rings. The largest absolute Gasteiger partial charge is 0.357 e. The molecule has 0 aromatic carbocycles. The average molecular weight is 160 g/mol. The van der Waals surface area contributed by atoms with Crippen LogP contribution in [0.25, 0.3) is 0 Å². The molecule has 2 heteroatoms. The van der Waals surface area contributed by atoms with Crippen molar-refractivity contribution in [2.75, 3.05) is 7.05 Å². The van der Waals surface area contributed by atoms with Crippen LogP contribution in [0.3, 0.4) is 0 Å². The molecule has 2 rings (SSSR count). The van der Waals surface area contributed by atoms with E-state index in [1.807, 2.05) is 24.3 Å². The smallest absolute Gasteiger partial charge is 0.0968 e. The van der Waals surface area contributed by atoms with Gasteiger partial charge in [0.05, 0.1) is 11.6 Å². The molecule has 12 heavy (non-hydrogen) atoms. The van der Waals surface area contributed by atoms with Crippen LogP contribution in [-0.4, -0.2) is 11.9 Å². The number of rotatable bonds is 1. The van der Waals surface area contributed by atoms with Gasteiger partial charge in [0.15, 0.2) is 0 Å². The van der Waals surface area contributed by atoms with E-state index in [1.54, 1.807) is 0 Å². The number of hydrogen-bond donors (Lipinski definition) is 0. The summed E-state index contributed by atoms with van der Waals surface area (Å²) in [6.07, 6.45) is 8.71.